The minimum Gasteiger partial charge on any atom is -0.314 e. The molecule has 3 heterocycles. The van der Waals surface area contributed by atoms with Crippen molar-refractivity contribution in [3.05, 3.63) is 20.3 Å². The molecule has 4 heteroatoms. The van der Waals surface area contributed by atoms with Gasteiger partial charge in [-0.2, -0.15) is 0 Å². The Morgan fingerprint density at radius 3 is 3.22 bits per heavy atom. The van der Waals surface area contributed by atoms with Crippen molar-refractivity contribution in [1.29, 1.82) is 0 Å². The van der Waals surface area contributed by atoms with Crippen LogP contribution in [0.15, 0.2) is 9.85 Å². The van der Waals surface area contributed by atoms with Gasteiger partial charge in [0.2, 0.25) is 0 Å². The smallest absolute Gasteiger partial charge is 0.0704 e. The Morgan fingerprint density at radius 2 is 2.39 bits per heavy atom. The number of hydrogen-bond donors (Lipinski definition) is 1. The van der Waals surface area contributed by atoms with E-state index in [1.165, 1.54) is 55.5 Å². The number of nitrogens with one attached hydrogen (secondary N) is 1. The van der Waals surface area contributed by atoms with Crippen LogP contribution in [0.3, 0.4) is 0 Å². The van der Waals surface area contributed by atoms with Gasteiger partial charge in [0.25, 0.3) is 0 Å². The third kappa shape index (κ3) is 3.16. The quantitative estimate of drug-likeness (QED) is 0.914. The molecule has 1 aromatic heterocycles. The SMILES string of the molecule is Brc1cc2c(s1)CCN(CC[C@H]1CCCCN1)C2. The van der Waals surface area contributed by atoms with E-state index >= 15 is 0 Å². The van der Waals surface area contributed by atoms with Crippen LogP contribution in [0.5, 0.6) is 0 Å². The molecular formula is C14H21BrN2S. The number of piperidine rings is 1. The second-order valence-electron chi connectivity index (χ2n) is 5.46. The molecule has 0 amide bonds. The van der Waals surface area contributed by atoms with Gasteiger partial charge in [0, 0.05) is 24.0 Å². The first kappa shape index (κ1) is 13.1. The lowest BCUT2D eigenvalue weighted by atomic mass is 10.0. The third-order valence-electron chi connectivity index (χ3n) is 4.12. The summed E-state index contributed by atoms with van der Waals surface area (Å²) in [6.07, 6.45) is 6.72. The minimum atomic E-state index is 0.773. The molecule has 2 aliphatic rings. The summed E-state index contributed by atoms with van der Waals surface area (Å²) in [5, 5.41) is 3.65. The maximum Gasteiger partial charge on any atom is 0.0704 e. The first-order valence-electron chi connectivity index (χ1n) is 7.04. The molecule has 1 aromatic rings. The van der Waals surface area contributed by atoms with Gasteiger partial charge < -0.3 is 5.32 Å². The summed E-state index contributed by atoms with van der Waals surface area (Å²) in [4.78, 5) is 4.21. The van der Waals surface area contributed by atoms with Crippen molar-refractivity contribution in [2.24, 2.45) is 0 Å². The Labute approximate surface area is 122 Å². The van der Waals surface area contributed by atoms with E-state index in [1.54, 1.807) is 10.4 Å². The molecule has 0 bridgehead atoms. The van der Waals surface area contributed by atoms with Gasteiger partial charge in [0.15, 0.2) is 0 Å². The van der Waals surface area contributed by atoms with Gasteiger partial charge in [-0.25, -0.2) is 0 Å². The molecule has 18 heavy (non-hydrogen) atoms. The predicted molar refractivity (Wildman–Crippen MR) is 81.3 cm³/mol. The molecule has 1 fully saturated rings. The van der Waals surface area contributed by atoms with E-state index in [1.807, 2.05) is 11.3 Å². The van der Waals surface area contributed by atoms with Crippen molar-refractivity contribution in [2.45, 2.75) is 44.7 Å². The summed E-state index contributed by atoms with van der Waals surface area (Å²) >= 11 is 5.52. The fraction of sp³-hybridized carbons (Fsp3) is 0.714. The van der Waals surface area contributed by atoms with E-state index in [-0.39, 0.29) is 0 Å². The summed E-state index contributed by atoms with van der Waals surface area (Å²) in [5.74, 6) is 0. The van der Waals surface area contributed by atoms with Crippen LogP contribution in [0, 0.1) is 0 Å². The average molecular weight is 329 g/mol. The molecule has 0 aromatic carbocycles. The fourth-order valence-corrected chi connectivity index (χ4v) is 4.80. The summed E-state index contributed by atoms with van der Waals surface area (Å²) in [6, 6.07) is 3.08. The standard InChI is InChI=1S/C14H21BrN2S/c15-14-9-11-10-17(8-5-13(11)18-14)7-4-12-3-1-2-6-16-12/h9,12,16H,1-8,10H2/t12-/m1/s1. The Morgan fingerprint density at radius 1 is 1.44 bits per heavy atom. The number of halogens is 1. The molecule has 1 N–H and O–H groups in total. The van der Waals surface area contributed by atoms with E-state index in [0.29, 0.717) is 0 Å². The van der Waals surface area contributed by atoms with Crippen molar-refractivity contribution in [3.8, 4) is 0 Å². The van der Waals surface area contributed by atoms with Crippen molar-refractivity contribution in [2.75, 3.05) is 19.6 Å². The van der Waals surface area contributed by atoms with Gasteiger partial charge in [0.05, 0.1) is 3.79 Å². The summed E-state index contributed by atoms with van der Waals surface area (Å²) in [5.41, 5.74) is 1.55. The van der Waals surface area contributed by atoms with Gasteiger partial charge in [-0.1, -0.05) is 6.42 Å². The molecule has 0 unspecified atom stereocenters. The maximum atomic E-state index is 3.65. The summed E-state index contributed by atoms with van der Waals surface area (Å²) < 4.78 is 1.29. The van der Waals surface area contributed by atoms with Crippen LogP contribution in [0.1, 0.15) is 36.1 Å². The Balaban J connectivity index is 1.50. The number of fused-ring (bicyclic) bond motifs is 1. The lowest BCUT2D eigenvalue weighted by molar-refractivity contribution is 0.232. The second kappa shape index (κ2) is 6.04. The zero-order valence-electron chi connectivity index (χ0n) is 10.8. The van der Waals surface area contributed by atoms with Crippen LogP contribution >= 0.6 is 27.3 Å². The molecule has 2 nitrogen and oxygen atoms in total. The topological polar surface area (TPSA) is 15.3 Å². The van der Waals surface area contributed by atoms with Crippen LogP contribution < -0.4 is 5.32 Å². The van der Waals surface area contributed by atoms with Gasteiger partial charge in [0.1, 0.15) is 0 Å². The molecule has 0 spiro atoms. The number of nitrogens with zero attached hydrogens (tertiary/aromatic N) is 1. The van der Waals surface area contributed by atoms with E-state index in [2.05, 4.69) is 32.2 Å². The van der Waals surface area contributed by atoms with Crippen LogP contribution in [0.25, 0.3) is 0 Å². The minimum absolute atomic E-state index is 0.773. The number of rotatable bonds is 3. The van der Waals surface area contributed by atoms with Gasteiger partial charge in [-0.3, -0.25) is 4.90 Å². The normalized spacial score (nSPS) is 25.1. The predicted octanol–water partition coefficient (Wildman–Crippen LogP) is 3.40. The zero-order chi connectivity index (χ0) is 12.4. The van der Waals surface area contributed by atoms with E-state index in [0.717, 1.165) is 12.6 Å². The highest BCUT2D eigenvalue weighted by atomic mass is 79.9. The highest BCUT2D eigenvalue weighted by Crippen LogP contribution is 2.31. The largest absolute Gasteiger partial charge is 0.314 e. The van der Waals surface area contributed by atoms with E-state index in [9.17, 15) is 0 Å². The maximum absolute atomic E-state index is 3.65. The van der Waals surface area contributed by atoms with Crippen molar-refractivity contribution in [1.82, 2.24) is 10.2 Å². The average Bonchev–Trinajstić information content (AvgIpc) is 2.77. The van der Waals surface area contributed by atoms with Crippen molar-refractivity contribution in [3.63, 3.8) is 0 Å². The van der Waals surface area contributed by atoms with Crippen LogP contribution in [0.2, 0.25) is 0 Å². The third-order valence-corrected chi connectivity index (χ3v) is 5.86. The molecule has 2 aliphatic heterocycles. The Kier molecular flexibility index (Phi) is 4.39. The van der Waals surface area contributed by atoms with Crippen LogP contribution in [-0.4, -0.2) is 30.6 Å². The van der Waals surface area contributed by atoms with Gasteiger partial charge >= 0.3 is 0 Å². The number of hydrogen-bond acceptors (Lipinski definition) is 3. The molecular weight excluding hydrogens is 308 g/mol. The monoisotopic (exact) mass is 328 g/mol. The van der Waals surface area contributed by atoms with Gasteiger partial charge in [-0.15, -0.1) is 11.3 Å². The molecule has 100 valence electrons. The number of thiophene rings is 1. The van der Waals surface area contributed by atoms with E-state index in [4.69, 9.17) is 0 Å². The van der Waals surface area contributed by atoms with Crippen LogP contribution in [-0.2, 0) is 13.0 Å². The fourth-order valence-electron chi connectivity index (χ4n) is 3.05. The Bertz CT molecular complexity index is 398. The molecule has 3 rings (SSSR count). The first-order valence-corrected chi connectivity index (χ1v) is 8.65. The molecule has 0 radical (unpaired) electrons. The molecule has 0 saturated carbocycles. The van der Waals surface area contributed by atoms with Gasteiger partial charge in [-0.05, 0) is 66.3 Å². The lowest BCUT2D eigenvalue weighted by Gasteiger charge is -2.30. The van der Waals surface area contributed by atoms with E-state index < -0.39 is 0 Å². The molecule has 0 aliphatic carbocycles. The highest BCUT2D eigenvalue weighted by molar-refractivity contribution is 9.11. The van der Waals surface area contributed by atoms with Crippen LogP contribution in [0.4, 0.5) is 0 Å². The summed E-state index contributed by atoms with van der Waals surface area (Å²) in [6.45, 7) is 4.88. The lowest BCUT2D eigenvalue weighted by Crippen LogP contribution is -2.38. The Hall–Kier alpha value is 0.1000. The first-order chi connectivity index (χ1) is 8.81. The van der Waals surface area contributed by atoms with Crippen molar-refractivity contribution < 1.29 is 0 Å². The zero-order valence-corrected chi connectivity index (χ0v) is 13.2. The molecule has 1 saturated heterocycles. The second-order valence-corrected chi connectivity index (χ2v) is 7.98. The van der Waals surface area contributed by atoms with Crippen molar-refractivity contribution >= 4 is 27.3 Å². The highest BCUT2D eigenvalue weighted by Gasteiger charge is 2.20. The molecule has 1 atom stereocenters. The summed E-state index contributed by atoms with van der Waals surface area (Å²) in [7, 11) is 0.